The first-order chi connectivity index (χ1) is 14.2. The van der Waals surface area contributed by atoms with Crippen molar-refractivity contribution < 1.29 is 24.0 Å². The summed E-state index contributed by atoms with van der Waals surface area (Å²) in [7, 11) is 0. The molecule has 11 heteroatoms. The number of hydrogen-bond acceptors (Lipinski definition) is 6. The van der Waals surface area contributed by atoms with Crippen molar-refractivity contribution in [2.24, 2.45) is 0 Å². The summed E-state index contributed by atoms with van der Waals surface area (Å²) in [6.07, 6.45) is 0.229. The number of carbonyl (C=O) groups is 3. The zero-order valence-corrected chi connectivity index (χ0v) is 17.0. The molecule has 0 heterocycles. The van der Waals surface area contributed by atoms with Gasteiger partial charge in [0.2, 0.25) is 5.91 Å². The van der Waals surface area contributed by atoms with E-state index >= 15 is 0 Å². The zero-order valence-electron chi connectivity index (χ0n) is 15.5. The predicted octanol–water partition coefficient (Wildman–Crippen LogP) is 4.19. The fourth-order valence-electron chi connectivity index (χ4n) is 2.30. The molecule has 0 spiro atoms. The van der Waals surface area contributed by atoms with Gasteiger partial charge in [0.15, 0.2) is 6.61 Å². The lowest BCUT2D eigenvalue weighted by atomic mass is 10.2. The second-order valence-electron chi connectivity index (χ2n) is 6.05. The van der Waals surface area contributed by atoms with Gasteiger partial charge < -0.3 is 15.4 Å². The topological polar surface area (TPSA) is 128 Å². The number of anilines is 2. The van der Waals surface area contributed by atoms with Gasteiger partial charge in [0, 0.05) is 36.3 Å². The Hall–Kier alpha value is -3.17. The van der Waals surface area contributed by atoms with Gasteiger partial charge in [-0.2, -0.15) is 0 Å². The monoisotopic (exact) mass is 453 g/mol. The van der Waals surface area contributed by atoms with Gasteiger partial charge in [-0.3, -0.25) is 24.5 Å². The number of halogens is 2. The third kappa shape index (κ3) is 7.69. The average Bonchev–Trinajstić information content (AvgIpc) is 2.69. The van der Waals surface area contributed by atoms with E-state index in [1.807, 2.05) is 0 Å². The Kier molecular flexibility index (Phi) is 8.57. The number of nitrogens with zero attached hydrogens (tertiary/aromatic N) is 1. The smallest absolute Gasteiger partial charge is 0.306 e. The molecule has 2 aromatic rings. The molecule has 0 unspecified atom stereocenters. The van der Waals surface area contributed by atoms with Crippen molar-refractivity contribution in [2.75, 3.05) is 17.2 Å². The van der Waals surface area contributed by atoms with Crippen molar-refractivity contribution in [3.05, 3.63) is 62.6 Å². The number of esters is 1. The third-order valence-corrected chi connectivity index (χ3v) is 4.43. The zero-order chi connectivity index (χ0) is 22.1. The number of rotatable bonds is 9. The highest BCUT2D eigenvalue weighted by atomic mass is 35.5. The normalized spacial score (nSPS) is 10.2. The number of carbonyl (C=O) groups excluding carboxylic acids is 3. The summed E-state index contributed by atoms with van der Waals surface area (Å²) in [5.74, 6) is -1.60. The molecule has 0 bridgehead atoms. The minimum atomic E-state index is -0.647. The van der Waals surface area contributed by atoms with Crippen LogP contribution in [0.4, 0.5) is 17.1 Å². The number of nitro groups is 1. The Balaban J connectivity index is 1.67. The van der Waals surface area contributed by atoms with Crippen LogP contribution in [0.25, 0.3) is 0 Å². The van der Waals surface area contributed by atoms with Crippen LogP contribution in [0.5, 0.6) is 0 Å². The molecule has 2 N–H and O–H groups in total. The standard InChI is InChI=1S/C19H17Cl2N3O6/c20-15-8-7-13(10-16(15)21)22-17(25)5-2-6-19(27)30-11-18(26)23-12-3-1-4-14(9-12)24(28)29/h1,3-4,7-10H,2,5-6,11H2,(H,22,25)(H,23,26). The van der Waals surface area contributed by atoms with Crippen molar-refractivity contribution in [1.82, 2.24) is 0 Å². The highest BCUT2D eigenvalue weighted by molar-refractivity contribution is 6.42. The summed E-state index contributed by atoms with van der Waals surface area (Å²) in [6.45, 7) is -0.545. The largest absolute Gasteiger partial charge is 0.456 e. The fourth-order valence-corrected chi connectivity index (χ4v) is 2.60. The Morgan fingerprint density at radius 1 is 0.933 bits per heavy atom. The molecule has 0 fully saturated rings. The van der Waals surface area contributed by atoms with E-state index in [1.54, 1.807) is 12.1 Å². The third-order valence-electron chi connectivity index (χ3n) is 3.69. The Morgan fingerprint density at radius 3 is 2.33 bits per heavy atom. The number of ether oxygens (including phenoxy) is 1. The van der Waals surface area contributed by atoms with Crippen LogP contribution in [0, 0.1) is 10.1 Å². The molecular weight excluding hydrogens is 437 g/mol. The molecule has 0 radical (unpaired) electrons. The summed E-state index contributed by atoms with van der Waals surface area (Å²) in [4.78, 5) is 45.5. The minimum absolute atomic E-state index is 0.0567. The van der Waals surface area contributed by atoms with Crippen molar-refractivity contribution in [3.63, 3.8) is 0 Å². The highest BCUT2D eigenvalue weighted by Crippen LogP contribution is 2.25. The van der Waals surface area contributed by atoms with E-state index < -0.39 is 23.4 Å². The van der Waals surface area contributed by atoms with Gasteiger partial charge in [-0.25, -0.2) is 0 Å². The number of nitro benzene ring substituents is 1. The molecule has 0 saturated heterocycles. The molecular formula is C19H17Cl2N3O6. The SMILES string of the molecule is O=C(CCCC(=O)OCC(=O)Nc1cccc([N+](=O)[O-])c1)Nc1ccc(Cl)c(Cl)c1. The molecule has 0 aliphatic carbocycles. The predicted molar refractivity (Wildman–Crippen MR) is 112 cm³/mol. The van der Waals surface area contributed by atoms with Gasteiger partial charge in [0.25, 0.3) is 11.6 Å². The van der Waals surface area contributed by atoms with Crippen LogP contribution in [-0.4, -0.2) is 29.3 Å². The lowest BCUT2D eigenvalue weighted by Gasteiger charge is -2.07. The molecule has 2 aromatic carbocycles. The van der Waals surface area contributed by atoms with E-state index in [2.05, 4.69) is 10.6 Å². The first kappa shape index (κ1) is 23.1. The maximum Gasteiger partial charge on any atom is 0.306 e. The van der Waals surface area contributed by atoms with Crippen molar-refractivity contribution in [1.29, 1.82) is 0 Å². The number of benzene rings is 2. The van der Waals surface area contributed by atoms with Crippen LogP contribution < -0.4 is 10.6 Å². The number of nitrogens with one attached hydrogen (secondary N) is 2. The molecule has 0 aliphatic heterocycles. The van der Waals surface area contributed by atoms with E-state index in [9.17, 15) is 24.5 Å². The lowest BCUT2D eigenvalue weighted by Crippen LogP contribution is -2.21. The minimum Gasteiger partial charge on any atom is -0.456 e. The Labute approximate surface area is 181 Å². The fraction of sp³-hybridized carbons (Fsp3) is 0.211. The molecule has 0 aromatic heterocycles. The molecule has 30 heavy (non-hydrogen) atoms. The Morgan fingerprint density at radius 2 is 1.63 bits per heavy atom. The molecule has 0 saturated carbocycles. The molecule has 2 rings (SSSR count). The number of non-ortho nitro benzene ring substituents is 1. The summed E-state index contributed by atoms with van der Waals surface area (Å²) in [6, 6.07) is 10.0. The second kappa shape index (κ2) is 11.1. The van der Waals surface area contributed by atoms with Crippen molar-refractivity contribution in [2.45, 2.75) is 19.3 Å². The number of hydrogen-bond donors (Lipinski definition) is 2. The summed E-state index contributed by atoms with van der Waals surface area (Å²) in [5, 5.41) is 16.4. The van der Waals surface area contributed by atoms with Crippen LogP contribution in [-0.2, 0) is 19.1 Å². The number of amides is 2. The first-order valence-corrected chi connectivity index (χ1v) is 9.45. The lowest BCUT2D eigenvalue weighted by molar-refractivity contribution is -0.384. The molecule has 9 nitrogen and oxygen atoms in total. The van der Waals surface area contributed by atoms with E-state index in [4.69, 9.17) is 27.9 Å². The van der Waals surface area contributed by atoms with Gasteiger partial charge >= 0.3 is 5.97 Å². The van der Waals surface area contributed by atoms with Crippen LogP contribution in [0.1, 0.15) is 19.3 Å². The van der Waals surface area contributed by atoms with E-state index in [0.29, 0.717) is 15.7 Å². The maximum atomic E-state index is 11.9. The molecule has 2 amide bonds. The van der Waals surface area contributed by atoms with Gasteiger partial charge in [-0.1, -0.05) is 29.3 Å². The highest BCUT2D eigenvalue weighted by Gasteiger charge is 2.12. The van der Waals surface area contributed by atoms with E-state index in [0.717, 1.165) is 0 Å². The van der Waals surface area contributed by atoms with Crippen LogP contribution in [0.2, 0.25) is 10.0 Å². The quantitative estimate of drug-likeness (QED) is 0.332. The van der Waals surface area contributed by atoms with Crippen LogP contribution in [0.3, 0.4) is 0 Å². The van der Waals surface area contributed by atoms with Gasteiger partial charge in [0.05, 0.1) is 15.0 Å². The van der Waals surface area contributed by atoms with Gasteiger partial charge in [0.1, 0.15) is 0 Å². The summed E-state index contributed by atoms with van der Waals surface area (Å²) in [5.41, 5.74) is 0.517. The summed E-state index contributed by atoms with van der Waals surface area (Å²) < 4.78 is 4.83. The van der Waals surface area contributed by atoms with E-state index in [1.165, 1.54) is 30.3 Å². The molecule has 0 aliphatic rings. The first-order valence-electron chi connectivity index (χ1n) is 8.69. The maximum absolute atomic E-state index is 11.9. The summed E-state index contributed by atoms with van der Waals surface area (Å²) >= 11 is 11.7. The van der Waals surface area contributed by atoms with Crippen molar-refractivity contribution in [3.8, 4) is 0 Å². The second-order valence-corrected chi connectivity index (χ2v) is 6.86. The molecule has 0 atom stereocenters. The van der Waals surface area contributed by atoms with Crippen LogP contribution in [0.15, 0.2) is 42.5 Å². The van der Waals surface area contributed by atoms with Gasteiger partial charge in [-0.15, -0.1) is 0 Å². The van der Waals surface area contributed by atoms with Crippen LogP contribution >= 0.6 is 23.2 Å². The Bertz CT molecular complexity index is 967. The van der Waals surface area contributed by atoms with Crippen molar-refractivity contribution >= 4 is 58.0 Å². The average molecular weight is 454 g/mol. The van der Waals surface area contributed by atoms with Gasteiger partial charge in [-0.05, 0) is 30.7 Å². The van der Waals surface area contributed by atoms with E-state index in [-0.39, 0.29) is 36.5 Å². The molecule has 158 valence electrons.